The van der Waals surface area contributed by atoms with Gasteiger partial charge in [0.05, 0.1) is 17.8 Å². The third kappa shape index (κ3) is 3.20. The average Bonchev–Trinajstić information content (AvgIpc) is 3.08. The number of nitrogens with two attached hydrogens (primary N) is 1. The van der Waals surface area contributed by atoms with Crippen molar-refractivity contribution in [2.24, 2.45) is 5.73 Å². The number of amides is 1. The van der Waals surface area contributed by atoms with E-state index in [1.54, 1.807) is 0 Å². The van der Waals surface area contributed by atoms with Crippen LogP contribution in [0.3, 0.4) is 0 Å². The molecule has 1 aromatic heterocycles. The molecule has 0 spiro atoms. The zero-order chi connectivity index (χ0) is 14.6. The van der Waals surface area contributed by atoms with E-state index in [-0.39, 0.29) is 5.91 Å². The van der Waals surface area contributed by atoms with Crippen molar-refractivity contribution in [1.29, 1.82) is 0 Å². The highest BCUT2D eigenvalue weighted by Gasteiger charge is 2.36. The maximum Gasteiger partial charge on any atom is 0.240 e. The fourth-order valence-electron chi connectivity index (χ4n) is 2.89. The van der Waals surface area contributed by atoms with Gasteiger partial charge in [-0.1, -0.05) is 31.8 Å². The van der Waals surface area contributed by atoms with E-state index in [1.807, 2.05) is 6.07 Å². The van der Waals surface area contributed by atoms with E-state index in [0.29, 0.717) is 18.2 Å². The third-order valence-electron chi connectivity index (χ3n) is 4.35. The third-order valence-corrected chi connectivity index (χ3v) is 4.35. The first-order chi connectivity index (χ1) is 9.59. The molecule has 0 bridgehead atoms. The Kier molecular flexibility index (Phi) is 4.81. The van der Waals surface area contributed by atoms with Crippen molar-refractivity contribution in [1.82, 2.24) is 10.5 Å². The van der Waals surface area contributed by atoms with E-state index in [4.69, 9.17) is 10.3 Å². The predicted octanol–water partition coefficient (Wildman–Crippen LogP) is 2.47. The fourth-order valence-corrected chi connectivity index (χ4v) is 2.89. The number of carbonyl (C=O) groups excluding carboxylic acids is 1. The number of hydrogen-bond acceptors (Lipinski definition) is 4. The number of carbonyl (C=O) groups is 1. The summed E-state index contributed by atoms with van der Waals surface area (Å²) in [4.78, 5) is 12.1. The minimum atomic E-state index is -0.682. The maximum absolute atomic E-state index is 12.1. The van der Waals surface area contributed by atoms with Crippen molar-refractivity contribution in [2.75, 3.05) is 0 Å². The monoisotopic (exact) mass is 279 g/mol. The fraction of sp³-hybridized carbons (Fsp3) is 0.733. The summed E-state index contributed by atoms with van der Waals surface area (Å²) in [5, 5.41) is 6.97. The summed E-state index contributed by atoms with van der Waals surface area (Å²) in [5.41, 5.74) is 6.40. The lowest BCUT2D eigenvalue weighted by Crippen LogP contribution is -2.51. The van der Waals surface area contributed by atoms with Gasteiger partial charge in [0.1, 0.15) is 0 Å². The topological polar surface area (TPSA) is 81.2 Å². The molecule has 0 atom stereocenters. The molecule has 20 heavy (non-hydrogen) atoms. The second kappa shape index (κ2) is 6.39. The zero-order valence-corrected chi connectivity index (χ0v) is 12.4. The summed E-state index contributed by atoms with van der Waals surface area (Å²) in [6.07, 6.45) is 5.69. The molecule has 1 aliphatic rings. The summed E-state index contributed by atoms with van der Waals surface area (Å²) in [6.45, 7) is 4.65. The molecule has 1 amide bonds. The number of aromatic nitrogens is 1. The molecule has 5 nitrogen and oxygen atoms in total. The molecule has 0 radical (unpaired) electrons. The minimum Gasteiger partial charge on any atom is -0.359 e. The summed E-state index contributed by atoms with van der Waals surface area (Å²) < 4.78 is 5.29. The second-order valence-corrected chi connectivity index (χ2v) is 5.78. The standard InChI is InChI=1S/C15H25N3O2/c1-3-11(4-2)13-9-12(20-18-13)10-17-14(19)15(16)7-5-6-8-15/h9,11H,3-8,10,16H2,1-2H3,(H,17,19). The van der Waals surface area contributed by atoms with Gasteiger partial charge in [0.25, 0.3) is 0 Å². The summed E-state index contributed by atoms with van der Waals surface area (Å²) in [6, 6.07) is 1.94. The Morgan fingerprint density at radius 2 is 2.10 bits per heavy atom. The lowest BCUT2D eigenvalue weighted by molar-refractivity contribution is -0.126. The van der Waals surface area contributed by atoms with Gasteiger partial charge in [-0.2, -0.15) is 0 Å². The Morgan fingerprint density at radius 1 is 1.45 bits per heavy atom. The first-order valence-corrected chi connectivity index (χ1v) is 7.61. The van der Waals surface area contributed by atoms with Gasteiger partial charge in [-0.3, -0.25) is 4.79 Å². The Bertz CT molecular complexity index is 446. The van der Waals surface area contributed by atoms with Gasteiger partial charge in [0.15, 0.2) is 5.76 Å². The Balaban J connectivity index is 1.89. The average molecular weight is 279 g/mol. The molecule has 1 aliphatic carbocycles. The van der Waals surface area contributed by atoms with Crippen LogP contribution >= 0.6 is 0 Å². The van der Waals surface area contributed by atoms with Crippen LogP contribution < -0.4 is 11.1 Å². The van der Waals surface area contributed by atoms with Gasteiger partial charge in [-0.15, -0.1) is 0 Å². The predicted molar refractivity (Wildman–Crippen MR) is 77.1 cm³/mol. The van der Waals surface area contributed by atoms with Crippen LogP contribution in [0.2, 0.25) is 0 Å². The molecule has 1 aromatic rings. The van der Waals surface area contributed by atoms with Gasteiger partial charge < -0.3 is 15.6 Å². The highest BCUT2D eigenvalue weighted by atomic mass is 16.5. The van der Waals surface area contributed by atoms with Crippen molar-refractivity contribution in [3.8, 4) is 0 Å². The summed E-state index contributed by atoms with van der Waals surface area (Å²) in [7, 11) is 0. The van der Waals surface area contributed by atoms with Crippen LogP contribution in [0.25, 0.3) is 0 Å². The molecule has 3 N–H and O–H groups in total. The second-order valence-electron chi connectivity index (χ2n) is 5.78. The number of nitrogens with zero attached hydrogens (tertiary/aromatic N) is 1. The number of nitrogens with one attached hydrogen (secondary N) is 1. The highest BCUT2D eigenvalue weighted by molar-refractivity contribution is 5.86. The maximum atomic E-state index is 12.1. The van der Waals surface area contributed by atoms with Crippen LogP contribution in [0, 0.1) is 0 Å². The zero-order valence-electron chi connectivity index (χ0n) is 12.4. The van der Waals surface area contributed by atoms with Crippen molar-refractivity contribution in [3.63, 3.8) is 0 Å². The molecule has 0 aliphatic heterocycles. The van der Waals surface area contributed by atoms with E-state index in [0.717, 1.165) is 44.2 Å². The largest absolute Gasteiger partial charge is 0.359 e. The molecule has 2 rings (SSSR count). The van der Waals surface area contributed by atoms with Crippen LogP contribution in [-0.4, -0.2) is 16.6 Å². The normalized spacial score (nSPS) is 17.6. The first kappa shape index (κ1) is 15.0. The van der Waals surface area contributed by atoms with E-state index in [9.17, 15) is 4.79 Å². The summed E-state index contributed by atoms with van der Waals surface area (Å²) >= 11 is 0. The smallest absolute Gasteiger partial charge is 0.240 e. The lowest BCUT2D eigenvalue weighted by atomic mass is 9.98. The van der Waals surface area contributed by atoms with Crippen LogP contribution in [0.5, 0.6) is 0 Å². The Labute approximate surface area is 120 Å². The van der Waals surface area contributed by atoms with Crippen LogP contribution in [-0.2, 0) is 11.3 Å². The Morgan fingerprint density at radius 3 is 2.70 bits per heavy atom. The molecule has 0 aromatic carbocycles. The Hall–Kier alpha value is -1.36. The number of hydrogen-bond donors (Lipinski definition) is 2. The minimum absolute atomic E-state index is 0.0736. The van der Waals surface area contributed by atoms with Gasteiger partial charge in [0, 0.05) is 12.0 Å². The van der Waals surface area contributed by atoms with Crippen LogP contribution in [0.4, 0.5) is 0 Å². The lowest BCUT2D eigenvalue weighted by Gasteiger charge is -2.21. The van der Waals surface area contributed by atoms with Gasteiger partial charge in [0.2, 0.25) is 5.91 Å². The molecular weight excluding hydrogens is 254 g/mol. The van der Waals surface area contributed by atoms with Gasteiger partial charge >= 0.3 is 0 Å². The van der Waals surface area contributed by atoms with Crippen molar-refractivity contribution in [3.05, 3.63) is 17.5 Å². The van der Waals surface area contributed by atoms with Crippen molar-refractivity contribution < 1.29 is 9.32 Å². The van der Waals surface area contributed by atoms with Gasteiger partial charge in [-0.05, 0) is 25.7 Å². The van der Waals surface area contributed by atoms with Crippen LogP contribution in [0.1, 0.15) is 69.7 Å². The molecule has 1 fully saturated rings. The summed E-state index contributed by atoms with van der Waals surface area (Å²) in [5.74, 6) is 1.05. The molecule has 1 heterocycles. The van der Waals surface area contributed by atoms with Crippen molar-refractivity contribution >= 4 is 5.91 Å². The van der Waals surface area contributed by atoms with E-state index in [1.165, 1.54) is 0 Å². The molecule has 0 unspecified atom stereocenters. The quantitative estimate of drug-likeness (QED) is 0.838. The van der Waals surface area contributed by atoms with E-state index < -0.39 is 5.54 Å². The molecule has 0 saturated heterocycles. The molecule has 1 saturated carbocycles. The van der Waals surface area contributed by atoms with E-state index in [2.05, 4.69) is 24.3 Å². The van der Waals surface area contributed by atoms with Crippen LogP contribution in [0.15, 0.2) is 10.6 Å². The highest BCUT2D eigenvalue weighted by Crippen LogP contribution is 2.27. The molecule has 5 heteroatoms. The SMILES string of the molecule is CCC(CC)c1cc(CNC(=O)C2(N)CCCC2)on1. The first-order valence-electron chi connectivity index (χ1n) is 7.61. The number of rotatable bonds is 6. The molecular formula is C15H25N3O2. The van der Waals surface area contributed by atoms with Gasteiger partial charge in [-0.25, -0.2) is 0 Å². The van der Waals surface area contributed by atoms with E-state index >= 15 is 0 Å². The van der Waals surface area contributed by atoms with Crippen molar-refractivity contribution in [2.45, 2.75) is 70.4 Å². The molecule has 112 valence electrons.